The number of hydrogen-bond donors (Lipinski definition) is 2. The molecule has 2 aromatic rings. The molecule has 0 aliphatic carbocycles. The number of aromatic nitrogens is 2. The molecule has 32 heavy (non-hydrogen) atoms. The van der Waals surface area contributed by atoms with Crippen molar-refractivity contribution >= 4 is 17.6 Å². The van der Waals surface area contributed by atoms with E-state index in [1.54, 1.807) is 18.2 Å². The SMILES string of the molecule is CCCCN1CCC(NC(=O)C(=O)Nc2cc(C(C)(C)C)nn2-c2ccc(F)cc2)CC1. The van der Waals surface area contributed by atoms with Crippen LogP contribution in [0, 0.1) is 5.82 Å². The lowest BCUT2D eigenvalue weighted by Gasteiger charge is -2.32. The number of amides is 2. The van der Waals surface area contributed by atoms with E-state index >= 15 is 0 Å². The standard InChI is InChI=1S/C24H34FN5O2/c1-5-6-13-29-14-11-18(12-15-29)26-22(31)23(32)27-21-16-20(24(2,3)4)28-30(21)19-9-7-17(25)8-10-19/h7-10,16,18H,5-6,11-15H2,1-4H3,(H,26,31)(H,27,32). The number of benzene rings is 1. The molecule has 7 nitrogen and oxygen atoms in total. The summed E-state index contributed by atoms with van der Waals surface area (Å²) >= 11 is 0. The van der Waals surface area contributed by atoms with Gasteiger partial charge in [-0.1, -0.05) is 34.1 Å². The van der Waals surface area contributed by atoms with Gasteiger partial charge in [0.1, 0.15) is 11.6 Å². The average Bonchev–Trinajstić information content (AvgIpc) is 3.18. The second-order valence-electron chi connectivity index (χ2n) is 9.45. The van der Waals surface area contributed by atoms with E-state index in [1.165, 1.54) is 29.7 Å². The van der Waals surface area contributed by atoms with Gasteiger partial charge in [0.05, 0.1) is 11.4 Å². The molecule has 3 rings (SSSR count). The van der Waals surface area contributed by atoms with Crippen molar-refractivity contribution < 1.29 is 14.0 Å². The van der Waals surface area contributed by atoms with Gasteiger partial charge in [-0.25, -0.2) is 9.07 Å². The Bertz CT molecular complexity index is 925. The van der Waals surface area contributed by atoms with Crippen molar-refractivity contribution in [2.45, 2.75) is 64.8 Å². The Kier molecular flexibility index (Phi) is 7.66. The largest absolute Gasteiger partial charge is 0.345 e. The molecule has 0 unspecified atom stereocenters. The third kappa shape index (κ3) is 6.16. The van der Waals surface area contributed by atoms with Crippen LogP contribution in [-0.4, -0.2) is 52.2 Å². The number of anilines is 1. The predicted octanol–water partition coefficient (Wildman–Crippen LogP) is 3.63. The normalized spacial score (nSPS) is 15.5. The number of piperidine rings is 1. The molecule has 0 bridgehead atoms. The van der Waals surface area contributed by atoms with E-state index in [4.69, 9.17) is 0 Å². The Hall–Kier alpha value is -2.74. The minimum atomic E-state index is -0.734. The van der Waals surface area contributed by atoms with E-state index in [9.17, 15) is 14.0 Å². The van der Waals surface area contributed by atoms with Crippen molar-refractivity contribution in [3.8, 4) is 5.69 Å². The number of likely N-dealkylation sites (tertiary alicyclic amines) is 1. The van der Waals surface area contributed by atoms with E-state index < -0.39 is 11.8 Å². The van der Waals surface area contributed by atoms with Crippen molar-refractivity contribution in [1.29, 1.82) is 0 Å². The van der Waals surface area contributed by atoms with Crippen molar-refractivity contribution in [2.75, 3.05) is 25.0 Å². The fourth-order valence-corrected chi connectivity index (χ4v) is 3.72. The molecular weight excluding hydrogens is 409 g/mol. The highest BCUT2D eigenvalue weighted by molar-refractivity contribution is 6.39. The summed E-state index contributed by atoms with van der Waals surface area (Å²) in [4.78, 5) is 27.6. The molecule has 0 spiro atoms. The summed E-state index contributed by atoms with van der Waals surface area (Å²) in [5, 5.41) is 10.1. The van der Waals surface area contributed by atoms with E-state index in [0.29, 0.717) is 11.5 Å². The molecule has 1 saturated heterocycles. The van der Waals surface area contributed by atoms with Gasteiger partial charge in [0, 0.05) is 30.6 Å². The summed E-state index contributed by atoms with van der Waals surface area (Å²) in [6, 6.07) is 7.57. The molecular formula is C24H34FN5O2. The van der Waals surface area contributed by atoms with Gasteiger partial charge in [-0.05, 0) is 50.1 Å². The first kappa shape index (κ1) is 23.9. The molecule has 2 amide bonds. The lowest BCUT2D eigenvalue weighted by Crippen LogP contribution is -2.47. The molecule has 1 aromatic carbocycles. The Balaban J connectivity index is 1.67. The first-order valence-corrected chi connectivity index (χ1v) is 11.4. The van der Waals surface area contributed by atoms with Crippen molar-refractivity contribution in [2.24, 2.45) is 0 Å². The highest BCUT2D eigenvalue weighted by Crippen LogP contribution is 2.26. The third-order valence-corrected chi connectivity index (χ3v) is 5.75. The molecule has 0 atom stereocenters. The van der Waals surface area contributed by atoms with E-state index in [2.05, 4.69) is 27.6 Å². The van der Waals surface area contributed by atoms with E-state index in [-0.39, 0.29) is 17.3 Å². The molecule has 1 aliphatic rings. The maximum atomic E-state index is 13.4. The first-order chi connectivity index (χ1) is 15.2. The molecule has 1 aliphatic heterocycles. The van der Waals surface area contributed by atoms with Crippen LogP contribution < -0.4 is 10.6 Å². The summed E-state index contributed by atoms with van der Waals surface area (Å²) in [5.74, 6) is -1.37. The second kappa shape index (κ2) is 10.3. The topological polar surface area (TPSA) is 79.3 Å². The van der Waals surface area contributed by atoms with Crippen LogP contribution in [0.15, 0.2) is 30.3 Å². The lowest BCUT2D eigenvalue weighted by atomic mass is 9.92. The van der Waals surface area contributed by atoms with Gasteiger partial charge in [-0.15, -0.1) is 0 Å². The zero-order valence-corrected chi connectivity index (χ0v) is 19.4. The molecule has 174 valence electrons. The van der Waals surface area contributed by atoms with Gasteiger partial charge in [0.15, 0.2) is 0 Å². The molecule has 1 fully saturated rings. The van der Waals surface area contributed by atoms with Gasteiger partial charge in [-0.3, -0.25) is 9.59 Å². The Morgan fingerprint density at radius 2 is 1.78 bits per heavy atom. The van der Waals surface area contributed by atoms with Crippen LogP contribution in [-0.2, 0) is 15.0 Å². The monoisotopic (exact) mass is 443 g/mol. The van der Waals surface area contributed by atoms with Crippen molar-refractivity contribution in [1.82, 2.24) is 20.0 Å². The first-order valence-electron chi connectivity index (χ1n) is 11.4. The van der Waals surface area contributed by atoms with Crippen LogP contribution in [0.5, 0.6) is 0 Å². The van der Waals surface area contributed by atoms with Crippen LogP contribution in [0.25, 0.3) is 5.69 Å². The minimum absolute atomic E-state index is 0.00160. The average molecular weight is 444 g/mol. The van der Waals surface area contributed by atoms with Gasteiger partial charge >= 0.3 is 11.8 Å². The Morgan fingerprint density at radius 1 is 1.12 bits per heavy atom. The summed E-state index contributed by atoms with van der Waals surface area (Å²) < 4.78 is 14.9. The minimum Gasteiger partial charge on any atom is -0.345 e. The summed E-state index contributed by atoms with van der Waals surface area (Å²) in [6.45, 7) is 11.2. The fourth-order valence-electron chi connectivity index (χ4n) is 3.72. The Morgan fingerprint density at radius 3 is 2.38 bits per heavy atom. The van der Waals surface area contributed by atoms with Crippen LogP contribution >= 0.6 is 0 Å². The second-order valence-corrected chi connectivity index (χ2v) is 9.45. The van der Waals surface area contributed by atoms with Crippen molar-refractivity contribution in [3.05, 3.63) is 41.8 Å². The smallest absolute Gasteiger partial charge is 0.314 e. The molecule has 0 radical (unpaired) electrons. The maximum Gasteiger partial charge on any atom is 0.314 e. The highest BCUT2D eigenvalue weighted by atomic mass is 19.1. The number of rotatable bonds is 6. The van der Waals surface area contributed by atoms with Crippen LogP contribution in [0.4, 0.5) is 10.2 Å². The zero-order chi connectivity index (χ0) is 23.3. The number of halogens is 1. The van der Waals surface area contributed by atoms with Gasteiger partial charge < -0.3 is 15.5 Å². The molecule has 0 saturated carbocycles. The fraction of sp³-hybridized carbons (Fsp3) is 0.542. The third-order valence-electron chi connectivity index (χ3n) is 5.75. The maximum absolute atomic E-state index is 13.4. The zero-order valence-electron chi connectivity index (χ0n) is 19.4. The number of nitrogens with one attached hydrogen (secondary N) is 2. The summed E-state index contributed by atoms with van der Waals surface area (Å²) in [7, 11) is 0. The summed E-state index contributed by atoms with van der Waals surface area (Å²) in [5.41, 5.74) is 1.08. The number of carbonyl (C=O) groups is 2. The van der Waals surface area contributed by atoms with Gasteiger partial charge in [0.25, 0.3) is 0 Å². The molecule has 8 heteroatoms. The number of nitrogens with zero attached hydrogens (tertiary/aromatic N) is 3. The number of carbonyl (C=O) groups excluding carboxylic acids is 2. The molecule has 2 heterocycles. The lowest BCUT2D eigenvalue weighted by molar-refractivity contribution is -0.136. The van der Waals surface area contributed by atoms with Crippen LogP contribution in [0.2, 0.25) is 0 Å². The number of hydrogen-bond acceptors (Lipinski definition) is 4. The molecule has 1 aromatic heterocycles. The van der Waals surface area contributed by atoms with Gasteiger partial charge in [-0.2, -0.15) is 5.10 Å². The summed E-state index contributed by atoms with van der Waals surface area (Å²) in [6.07, 6.45) is 4.02. The van der Waals surface area contributed by atoms with E-state index in [0.717, 1.165) is 38.2 Å². The van der Waals surface area contributed by atoms with E-state index in [1.807, 2.05) is 20.8 Å². The van der Waals surface area contributed by atoms with Crippen LogP contribution in [0.1, 0.15) is 59.1 Å². The van der Waals surface area contributed by atoms with Gasteiger partial charge in [0.2, 0.25) is 0 Å². The Labute approximate surface area is 189 Å². The molecule has 2 N–H and O–H groups in total. The highest BCUT2D eigenvalue weighted by Gasteiger charge is 2.26. The predicted molar refractivity (Wildman–Crippen MR) is 123 cm³/mol. The quantitative estimate of drug-likeness (QED) is 0.669. The van der Waals surface area contributed by atoms with Crippen molar-refractivity contribution in [3.63, 3.8) is 0 Å². The number of unbranched alkanes of at least 4 members (excludes halogenated alkanes) is 1. The van der Waals surface area contributed by atoms with Crippen LogP contribution in [0.3, 0.4) is 0 Å².